The lowest BCUT2D eigenvalue weighted by molar-refractivity contribution is 0.0966. The van der Waals surface area contributed by atoms with Crippen molar-refractivity contribution >= 4 is 27.3 Å². The number of nitrogens with one attached hydrogen (secondary N) is 2. The molecule has 32 heavy (non-hydrogen) atoms. The second-order valence-corrected chi connectivity index (χ2v) is 9.26. The third kappa shape index (κ3) is 4.52. The Hall–Kier alpha value is -3.59. The SMILES string of the molecule is COc1cc(OC)cc(C(=O)C2CNc3ncc(-c4cccc(NS(C)(=O)=O)c4)cc32)c1. The van der Waals surface area contributed by atoms with Crippen LogP contribution in [0.2, 0.25) is 0 Å². The van der Waals surface area contributed by atoms with Crippen LogP contribution in [-0.2, 0) is 10.0 Å². The Morgan fingerprint density at radius 2 is 1.78 bits per heavy atom. The quantitative estimate of drug-likeness (QED) is 0.527. The maximum Gasteiger partial charge on any atom is 0.229 e. The first kappa shape index (κ1) is 21.6. The van der Waals surface area contributed by atoms with E-state index in [1.165, 1.54) is 0 Å². The van der Waals surface area contributed by atoms with Crippen LogP contribution in [0.3, 0.4) is 0 Å². The number of fused-ring (bicyclic) bond motifs is 1. The minimum absolute atomic E-state index is 0.0695. The summed E-state index contributed by atoms with van der Waals surface area (Å²) < 4.78 is 36.2. The largest absolute Gasteiger partial charge is 0.497 e. The zero-order valence-electron chi connectivity index (χ0n) is 17.9. The zero-order chi connectivity index (χ0) is 22.9. The maximum atomic E-state index is 13.3. The van der Waals surface area contributed by atoms with Crippen LogP contribution in [0.25, 0.3) is 11.1 Å². The molecule has 0 fully saturated rings. The number of pyridine rings is 1. The standard InChI is InChI=1S/C23H23N3O5S/c1-30-18-8-15(9-19(11-18)31-2)22(27)21-13-25-23-20(21)10-16(12-24-23)14-5-4-6-17(7-14)26-32(3,28)29/h4-12,21,26H,13H2,1-3H3,(H,24,25). The number of anilines is 2. The van der Waals surface area contributed by atoms with Gasteiger partial charge in [-0.15, -0.1) is 0 Å². The van der Waals surface area contributed by atoms with Gasteiger partial charge in [-0.1, -0.05) is 12.1 Å². The number of ketones is 1. The molecule has 1 atom stereocenters. The monoisotopic (exact) mass is 453 g/mol. The van der Waals surface area contributed by atoms with Crippen molar-refractivity contribution in [1.82, 2.24) is 4.98 Å². The number of benzene rings is 2. The second-order valence-electron chi connectivity index (χ2n) is 7.52. The Kier molecular flexibility index (Phi) is 5.75. The molecule has 1 aliphatic rings. The minimum atomic E-state index is -3.39. The molecule has 1 aliphatic heterocycles. The van der Waals surface area contributed by atoms with Gasteiger partial charge in [0.15, 0.2) is 5.78 Å². The summed E-state index contributed by atoms with van der Waals surface area (Å²) in [6.45, 7) is 0.430. The van der Waals surface area contributed by atoms with Crippen LogP contribution in [0.1, 0.15) is 21.8 Å². The summed E-state index contributed by atoms with van der Waals surface area (Å²) in [5.41, 5.74) is 3.31. The van der Waals surface area contributed by atoms with Gasteiger partial charge in [-0.05, 0) is 35.9 Å². The summed E-state index contributed by atoms with van der Waals surface area (Å²) in [4.78, 5) is 17.8. The van der Waals surface area contributed by atoms with Gasteiger partial charge < -0.3 is 14.8 Å². The molecule has 1 unspecified atom stereocenters. The molecule has 0 spiro atoms. The summed E-state index contributed by atoms with van der Waals surface area (Å²) in [6, 6.07) is 14.1. The van der Waals surface area contributed by atoms with Crippen LogP contribution >= 0.6 is 0 Å². The first-order valence-corrected chi connectivity index (χ1v) is 11.8. The van der Waals surface area contributed by atoms with Gasteiger partial charge in [0, 0.05) is 41.2 Å². The fraction of sp³-hybridized carbons (Fsp3) is 0.217. The number of carbonyl (C=O) groups excluding carboxylic acids is 1. The van der Waals surface area contributed by atoms with E-state index in [-0.39, 0.29) is 5.78 Å². The topological polar surface area (TPSA) is 107 Å². The molecule has 2 N–H and O–H groups in total. The van der Waals surface area contributed by atoms with E-state index in [9.17, 15) is 13.2 Å². The molecule has 4 rings (SSSR count). The van der Waals surface area contributed by atoms with Gasteiger partial charge in [-0.3, -0.25) is 9.52 Å². The highest BCUT2D eigenvalue weighted by molar-refractivity contribution is 7.92. The third-order valence-electron chi connectivity index (χ3n) is 5.22. The summed E-state index contributed by atoms with van der Waals surface area (Å²) in [5, 5.41) is 3.19. The zero-order valence-corrected chi connectivity index (χ0v) is 18.7. The van der Waals surface area contributed by atoms with E-state index in [0.717, 1.165) is 22.9 Å². The van der Waals surface area contributed by atoms with Crippen molar-refractivity contribution in [2.45, 2.75) is 5.92 Å². The fourth-order valence-electron chi connectivity index (χ4n) is 3.72. The Labute approximate surface area is 186 Å². The fourth-order valence-corrected chi connectivity index (χ4v) is 4.28. The molecule has 2 heterocycles. The third-order valence-corrected chi connectivity index (χ3v) is 5.82. The predicted molar refractivity (Wildman–Crippen MR) is 123 cm³/mol. The molecule has 8 nitrogen and oxygen atoms in total. The first-order valence-electron chi connectivity index (χ1n) is 9.86. The molecule has 3 aromatic rings. The number of hydrogen-bond donors (Lipinski definition) is 2. The molecule has 1 aromatic heterocycles. The van der Waals surface area contributed by atoms with E-state index in [2.05, 4.69) is 15.0 Å². The van der Waals surface area contributed by atoms with Crippen molar-refractivity contribution in [3.05, 3.63) is 65.9 Å². The summed E-state index contributed by atoms with van der Waals surface area (Å²) in [7, 11) is -0.308. The van der Waals surface area contributed by atoms with E-state index in [1.54, 1.807) is 56.8 Å². The van der Waals surface area contributed by atoms with Crippen LogP contribution < -0.4 is 19.5 Å². The molecule has 0 amide bonds. The lowest BCUT2D eigenvalue weighted by Gasteiger charge is -2.13. The molecule has 0 saturated carbocycles. The first-order chi connectivity index (χ1) is 15.3. The highest BCUT2D eigenvalue weighted by Crippen LogP contribution is 2.36. The number of hydrogen-bond acceptors (Lipinski definition) is 7. The summed E-state index contributed by atoms with van der Waals surface area (Å²) in [6.07, 6.45) is 2.80. The van der Waals surface area contributed by atoms with Crippen LogP contribution in [0.4, 0.5) is 11.5 Å². The lowest BCUT2D eigenvalue weighted by atomic mass is 9.91. The molecule has 0 bridgehead atoms. The van der Waals surface area contributed by atoms with Crippen molar-refractivity contribution in [3.63, 3.8) is 0 Å². The van der Waals surface area contributed by atoms with Crippen molar-refractivity contribution in [2.24, 2.45) is 0 Å². The normalized spacial score (nSPS) is 14.9. The van der Waals surface area contributed by atoms with E-state index in [4.69, 9.17) is 9.47 Å². The second kappa shape index (κ2) is 8.51. The number of methoxy groups -OCH3 is 2. The van der Waals surface area contributed by atoms with Gasteiger partial charge in [0.2, 0.25) is 10.0 Å². The Balaban J connectivity index is 1.68. The average molecular weight is 454 g/mol. The lowest BCUT2D eigenvalue weighted by Crippen LogP contribution is -2.15. The van der Waals surface area contributed by atoms with Gasteiger partial charge >= 0.3 is 0 Å². The van der Waals surface area contributed by atoms with Crippen LogP contribution in [0.5, 0.6) is 11.5 Å². The van der Waals surface area contributed by atoms with Crippen LogP contribution in [0, 0.1) is 0 Å². The highest BCUT2D eigenvalue weighted by atomic mass is 32.2. The summed E-state index contributed by atoms with van der Waals surface area (Å²) >= 11 is 0. The number of rotatable bonds is 7. The number of carbonyl (C=O) groups is 1. The number of nitrogens with zero attached hydrogens (tertiary/aromatic N) is 1. The molecule has 0 aliphatic carbocycles. The van der Waals surface area contributed by atoms with Crippen LogP contribution in [-0.4, -0.2) is 46.2 Å². The minimum Gasteiger partial charge on any atom is -0.497 e. The van der Waals surface area contributed by atoms with Gasteiger partial charge in [0.1, 0.15) is 17.3 Å². The number of aromatic nitrogens is 1. The molecular formula is C23H23N3O5S. The summed E-state index contributed by atoms with van der Waals surface area (Å²) in [5.74, 6) is 1.25. The van der Waals surface area contributed by atoms with E-state index < -0.39 is 15.9 Å². The average Bonchev–Trinajstić information content (AvgIpc) is 3.20. The van der Waals surface area contributed by atoms with E-state index in [1.807, 2.05) is 12.1 Å². The molecule has 9 heteroatoms. The predicted octanol–water partition coefficient (Wildman–Crippen LogP) is 3.53. The number of Topliss-reactive ketones (excluding diaryl/α,β-unsaturated/α-hetero) is 1. The van der Waals surface area contributed by atoms with E-state index in [0.29, 0.717) is 35.1 Å². The van der Waals surface area contributed by atoms with Gasteiger partial charge in [0.25, 0.3) is 0 Å². The van der Waals surface area contributed by atoms with Gasteiger partial charge in [-0.25, -0.2) is 13.4 Å². The number of ether oxygens (including phenoxy) is 2. The molecule has 0 radical (unpaired) electrons. The van der Waals surface area contributed by atoms with Crippen molar-refractivity contribution < 1.29 is 22.7 Å². The Morgan fingerprint density at radius 3 is 2.44 bits per heavy atom. The van der Waals surface area contributed by atoms with E-state index >= 15 is 0 Å². The Bertz CT molecular complexity index is 1270. The molecule has 2 aromatic carbocycles. The van der Waals surface area contributed by atoms with Crippen LogP contribution in [0.15, 0.2) is 54.7 Å². The molecular weight excluding hydrogens is 430 g/mol. The Morgan fingerprint density at radius 1 is 1.06 bits per heavy atom. The molecule has 0 saturated heterocycles. The van der Waals surface area contributed by atoms with Crippen molar-refractivity contribution in [2.75, 3.05) is 37.1 Å². The van der Waals surface area contributed by atoms with Gasteiger partial charge in [0.05, 0.1) is 26.4 Å². The van der Waals surface area contributed by atoms with Gasteiger partial charge in [-0.2, -0.15) is 0 Å². The smallest absolute Gasteiger partial charge is 0.229 e. The maximum absolute atomic E-state index is 13.3. The number of sulfonamides is 1. The molecule has 166 valence electrons. The van der Waals surface area contributed by atoms with Crippen molar-refractivity contribution in [1.29, 1.82) is 0 Å². The van der Waals surface area contributed by atoms with Crippen molar-refractivity contribution in [3.8, 4) is 22.6 Å². The highest BCUT2D eigenvalue weighted by Gasteiger charge is 2.31.